The largest absolute Gasteiger partial charge is 0.493 e. The molecule has 9 heteroatoms. The number of nitro groups is 1. The molecule has 0 fully saturated rings. The van der Waals surface area contributed by atoms with Crippen molar-refractivity contribution in [3.8, 4) is 22.8 Å². The van der Waals surface area contributed by atoms with Gasteiger partial charge in [0.15, 0.2) is 5.75 Å². The molecule has 0 aliphatic carbocycles. The quantitative estimate of drug-likeness (QED) is 0.153. The molecule has 3 aromatic rings. The first kappa shape index (κ1) is 23.2. The van der Waals surface area contributed by atoms with Gasteiger partial charge in [-0.2, -0.15) is 5.10 Å². The molecule has 0 bridgehead atoms. The predicted molar refractivity (Wildman–Crippen MR) is 128 cm³/mol. The zero-order chi connectivity index (χ0) is 22.8. The second kappa shape index (κ2) is 11.8. The van der Waals surface area contributed by atoms with Gasteiger partial charge in [0, 0.05) is 22.6 Å². The minimum atomic E-state index is -0.471. The number of hydrazone groups is 1. The third-order valence-corrected chi connectivity index (χ3v) is 5.41. The average Bonchev–Trinajstić information content (AvgIpc) is 3.28. The van der Waals surface area contributed by atoms with Crippen molar-refractivity contribution in [3.63, 3.8) is 0 Å². The van der Waals surface area contributed by atoms with Crippen molar-refractivity contribution in [1.82, 2.24) is 4.98 Å². The third-order valence-electron chi connectivity index (χ3n) is 4.67. The van der Waals surface area contributed by atoms with E-state index in [2.05, 4.69) is 22.4 Å². The number of methoxy groups -OCH3 is 1. The van der Waals surface area contributed by atoms with Crippen LogP contribution in [-0.4, -0.2) is 29.8 Å². The highest BCUT2D eigenvalue weighted by molar-refractivity contribution is 7.14. The van der Waals surface area contributed by atoms with Gasteiger partial charge in [-0.25, -0.2) is 4.98 Å². The average molecular weight is 455 g/mol. The highest BCUT2D eigenvalue weighted by Crippen LogP contribution is 2.38. The van der Waals surface area contributed by atoms with Gasteiger partial charge in [0.25, 0.3) is 0 Å². The second-order valence-electron chi connectivity index (χ2n) is 7.01. The smallest absolute Gasteiger partial charge is 0.315 e. The van der Waals surface area contributed by atoms with Crippen molar-refractivity contribution in [3.05, 3.63) is 63.5 Å². The van der Waals surface area contributed by atoms with Gasteiger partial charge in [-0.3, -0.25) is 15.5 Å². The number of anilines is 1. The number of thiazole rings is 1. The van der Waals surface area contributed by atoms with Crippen molar-refractivity contribution in [1.29, 1.82) is 0 Å². The minimum absolute atomic E-state index is 0.145. The Morgan fingerprint density at radius 1 is 1.22 bits per heavy atom. The molecule has 0 radical (unpaired) electrons. The molecular formula is C23H26N4O4S. The van der Waals surface area contributed by atoms with E-state index in [4.69, 9.17) is 9.47 Å². The minimum Gasteiger partial charge on any atom is -0.493 e. The monoisotopic (exact) mass is 454 g/mol. The zero-order valence-electron chi connectivity index (χ0n) is 18.1. The molecule has 0 saturated carbocycles. The summed E-state index contributed by atoms with van der Waals surface area (Å²) in [5.74, 6) is 0.447. The molecule has 1 aromatic heterocycles. The molecule has 0 aliphatic rings. The number of hydrogen-bond acceptors (Lipinski definition) is 8. The first-order valence-corrected chi connectivity index (χ1v) is 11.3. The first-order valence-electron chi connectivity index (χ1n) is 10.4. The number of ether oxygens (including phenoxy) is 2. The van der Waals surface area contributed by atoms with E-state index in [1.807, 2.05) is 35.7 Å². The van der Waals surface area contributed by atoms with Gasteiger partial charge in [-0.1, -0.05) is 56.5 Å². The number of nitro benzene ring substituents is 1. The maximum atomic E-state index is 11.6. The van der Waals surface area contributed by atoms with Gasteiger partial charge in [0.2, 0.25) is 10.9 Å². The predicted octanol–water partition coefficient (Wildman–Crippen LogP) is 6.13. The van der Waals surface area contributed by atoms with Crippen LogP contribution in [0.25, 0.3) is 11.3 Å². The van der Waals surface area contributed by atoms with Crippen LogP contribution >= 0.6 is 11.3 Å². The third kappa shape index (κ3) is 6.27. The van der Waals surface area contributed by atoms with Gasteiger partial charge < -0.3 is 9.47 Å². The number of hydrogen-bond donors (Lipinski definition) is 1. The van der Waals surface area contributed by atoms with Gasteiger partial charge in [-0.15, -0.1) is 11.3 Å². The molecule has 1 N–H and O–H groups in total. The topological polar surface area (TPSA) is 98.9 Å². The summed E-state index contributed by atoms with van der Waals surface area (Å²) in [5.41, 5.74) is 5.11. The fourth-order valence-corrected chi connectivity index (χ4v) is 3.72. The van der Waals surface area contributed by atoms with Gasteiger partial charge in [-0.05, 0) is 12.5 Å². The van der Waals surface area contributed by atoms with Crippen molar-refractivity contribution < 1.29 is 14.4 Å². The van der Waals surface area contributed by atoms with Crippen LogP contribution in [0.5, 0.6) is 11.5 Å². The van der Waals surface area contributed by atoms with Gasteiger partial charge in [0.05, 0.1) is 30.5 Å². The van der Waals surface area contributed by atoms with Crippen LogP contribution in [0.15, 0.2) is 52.9 Å². The number of aromatic nitrogens is 1. The Labute approximate surface area is 191 Å². The molecule has 0 atom stereocenters. The highest BCUT2D eigenvalue weighted by atomic mass is 32.1. The molecule has 0 saturated heterocycles. The number of unbranched alkanes of at least 4 members (excludes halogenated alkanes) is 3. The molecule has 8 nitrogen and oxygen atoms in total. The van der Waals surface area contributed by atoms with Crippen LogP contribution in [0.2, 0.25) is 0 Å². The Hall–Kier alpha value is -3.46. The summed E-state index contributed by atoms with van der Waals surface area (Å²) in [6.45, 7) is 2.53. The lowest BCUT2D eigenvalue weighted by molar-refractivity contribution is -0.386. The van der Waals surface area contributed by atoms with Crippen molar-refractivity contribution in [2.45, 2.75) is 32.6 Å². The van der Waals surface area contributed by atoms with E-state index >= 15 is 0 Å². The van der Waals surface area contributed by atoms with Crippen LogP contribution in [-0.2, 0) is 0 Å². The van der Waals surface area contributed by atoms with E-state index in [1.165, 1.54) is 30.7 Å². The van der Waals surface area contributed by atoms with Crippen molar-refractivity contribution in [2.24, 2.45) is 5.10 Å². The lowest BCUT2D eigenvalue weighted by atomic mass is 10.1. The lowest BCUT2D eigenvalue weighted by Crippen LogP contribution is -2.04. The van der Waals surface area contributed by atoms with E-state index in [0.29, 0.717) is 23.1 Å². The Bertz CT molecular complexity index is 1050. The molecule has 0 amide bonds. The number of nitrogens with one attached hydrogen (secondary N) is 1. The molecule has 2 aromatic carbocycles. The summed E-state index contributed by atoms with van der Waals surface area (Å²) in [6.07, 6.45) is 5.56. The Kier molecular flexibility index (Phi) is 8.56. The molecule has 1 heterocycles. The maximum Gasteiger partial charge on any atom is 0.315 e. The first-order chi connectivity index (χ1) is 15.6. The lowest BCUT2D eigenvalue weighted by Gasteiger charge is -2.11. The van der Waals surface area contributed by atoms with E-state index < -0.39 is 4.92 Å². The maximum absolute atomic E-state index is 11.6. The van der Waals surface area contributed by atoms with Crippen molar-refractivity contribution in [2.75, 3.05) is 19.1 Å². The van der Waals surface area contributed by atoms with E-state index in [0.717, 1.165) is 36.9 Å². The fraction of sp³-hybridized carbons (Fsp3) is 0.304. The summed E-state index contributed by atoms with van der Waals surface area (Å²) in [5, 5.41) is 18.3. The second-order valence-corrected chi connectivity index (χ2v) is 7.87. The summed E-state index contributed by atoms with van der Waals surface area (Å²) < 4.78 is 11.1. The fourth-order valence-electron chi connectivity index (χ4n) is 3.05. The molecular weight excluding hydrogens is 428 g/mol. The van der Waals surface area contributed by atoms with Crippen LogP contribution < -0.4 is 14.9 Å². The SMILES string of the molecule is CCCCCCOc1c(OC)cc(/C=N\Nc2nc(-c3ccccc3)cs2)cc1[N+](=O)[O-]. The van der Waals surface area contributed by atoms with E-state index in [-0.39, 0.29) is 11.4 Å². The molecule has 168 valence electrons. The Morgan fingerprint density at radius 2 is 2.03 bits per heavy atom. The standard InChI is InChI=1S/C23H26N4O4S/c1-3-4-5-9-12-31-22-20(27(28)29)13-17(14-21(22)30-2)15-24-26-23-25-19(16-32-23)18-10-7-6-8-11-18/h6-8,10-11,13-16H,3-5,9,12H2,1-2H3,(H,25,26)/b24-15-. The summed E-state index contributed by atoms with van der Waals surface area (Å²) in [7, 11) is 1.46. The summed E-state index contributed by atoms with van der Waals surface area (Å²) >= 11 is 1.42. The van der Waals surface area contributed by atoms with Crippen LogP contribution in [0, 0.1) is 10.1 Å². The molecule has 0 spiro atoms. The van der Waals surface area contributed by atoms with Crippen LogP contribution in [0.4, 0.5) is 10.8 Å². The van der Waals surface area contributed by atoms with Crippen molar-refractivity contribution >= 4 is 28.4 Å². The zero-order valence-corrected chi connectivity index (χ0v) is 18.9. The molecule has 3 rings (SSSR count). The van der Waals surface area contributed by atoms with Crippen LogP contribution in [0.3, 0.4) is 0 Å². The number of nitrogens with zero attached hydrogens (tertiary/aromatic N) is 3. The number of rotatable bonds is 12. The van der Waals surface area contributed by atoms with E-state index in [9.17, 15) is 10.1 Å². The number of benzene rings is 2. The Morgan fingerprint density at radius 3 is 2.75 bits per heavy atom. The summed E-state index contributed by atoms with van der Waals surface area (Å²) in [4.78, 5) is 15.6. The normalized spacial score (nSPS) is 10.9. The Balaban J connectivity index is 1.70. The van der Waals surface area contributed by atoms with Gasteiger partial charge in [0.1, 0.15) is 0 Å². The van der Waals surface area contributed by atoms with Crippen LogP contribution in [0.1, 0.15) is 38.2 Å². The highest BCUT2D eigenvalue weighted by Gasteiger charge is 2.22. The molecule has 0 aliphatic heterocycles. The molecule has 0 unspecified atom stereocenters. The summed E-state index contributed by atoms with van der Waals surface area (Å²) in [6, 6.07) is 12.9. The van der Waals surface area contributed by atoms with E-state index in [1.54, 1.807) is 6.07 Å². The van der Waals surface area contributed by atoms with Gasteiger partial charge >= 0.3 is 5.69 Å². The molecule has 32 heavy (non-hydrogen) atoms.